The number of benzene rings is 2. The molecule has 0 aliphatic heterocycles. The zero-order chi connectivity index (χ0) is 17.6. The van der Waals surface area contributed by atoms with Crippen molar-refractivity contribution in [1.82, 2.24) is 10.4 Å². The molecule has 2 N–H and O–H groups in total. The SMILES string of the molecule is COc1ccc(/C=N\NC(=O)CNc2nc3ccccc3s2)cc1F. The maximum Gasteiger partial charge on any atom is 0.259 e. The topological polar surface area (TPSA) is 75.6 Å². The number of aromatic nitrogens is 1. The van der Waals surface area contributed by atoms with Gasteiger partial charge >= 0.3 is 0 Å². The molecule has 8 heteroatoms. The average molecular weight is 358 g/mol. The minimum atomic E-state index is -0.490. The Balaban J connectivity index is 1.51. The molecular formula is C17H15FN4O2S. The number of thiazole rings is 1. The second-order valence-corrected chi connectivity index (χ2v) is 6.06. The first-order valence-corrected chi connectivity index (χ1v) is 8.22. The summed E-state index contributed by atoms with van der Waals surface area (Å²) in [4.78, 5) is 16.2. The van der Waals surface area contributed by atoms with Gasteiger partial charge in [-0.05, 0) is 35.9 Å². The van der Waals surface area contributed by atoms with Crippen LogP contribution in [0, 0.1) is 5.82 Å². The maximum absolute atomic E-state index is 13.5. The lowest BCUT2D eigenvalue weighted by atomic mass is 10.2. The second-order valence-electron chi connectivity index (χ2n) is 5.03. The van der Waals surface area contributed by atoms with Crippen LogP contribution < -0.4 is 15.5 Å². The summed E-state index contributed by atoms with van der Waals surface area (Å²) >= 11 is 1.47. The number of anilines is 1. The average Bonchev–Trinajstić information content (AvgIpc) is 3.03. The third kappa shape index (κ3) is 4.30. The standard InChI is InChI=1S/C17H15FN4O2S/c1-24-14-7-6-11(8-12(14)18)9-20-22-16(23)10-19-17-21-13-4-2-3-5-15(13)25-17/h2-9H,10H2,1H3,(H,19,21)(H,22,23)/b20-9-. The van der Waals surface area contributed by atoms with E-state index < -0.39 is 5.82 Å². The van der Waals surface area contributed by atoms with E-state index in [0.717, 1.165) is 10.2 Å². The smallest absolute Gasteiger partial charge is 0.259 e. The molecule has 0 aliphatic rings. The van der Waals surface area contributed by atoms with Crippen molar-refractivity contribution in [1.29, 1.82) is 0 Å². The van der Waals surface area contributed by atoms with Gasteiger partial charge < -0.3 is 10.1 Å². The van der Waals surface area contributed by atoms with Gasteiger partial charge in [0.25, 0.3) is 5.91 Å². The molecule has 0 saturated heterocycles. The third-order valence-corrected chi connectivity index (χ3v) is 4.27. The monoisotopic (exact) mass is 358 g/mol. The second kappa shape index (κ2) is 7.71. The first kappa shape index (κ1) is 16.8. The van der Waals surface area contributed by atoms with E-state index in [4.69, 9.17) is 4.74 Å². The quantitative estimate of drug-likeness (QED) is 0.525. The highest BCUT2D eigenvalue weighted by molar-refractivity contribution is 7.22. The Morgan fingerprint density at radius 1 is 1.36 bits per heavy atom. The number of para-hydroxylation sites is 1. The Hall–Kier alpha value is -3.00. The number of carbonyl (C=O) groups is 1. The predicted octanol–water partition coefficient (Wildman–Crippen LogP) is 3.01. The Kier molecular flexibility index (Phi) is 5.20. The van der Waals surface area contributed by atoms with Gasteiger partial charge in [0.15, 0.2) is 16.7 Å². The molecule has 0 spiro atoms. The van der Waals surface area contributed by atoms with Crippen LogP contribution in [0.2, 0.25) is 0 Å². The summed E-state index contributed by atoms with van der Waals surface area (Å²) in [5.74, 6) is -0.666. The molecule has 128 valence electrons. The molecule has 0 aliphatic carbocycles. The summed E-state index contributed by atoms with van der Waals surface area (Å²) in [6.07, 6.45) is 1.36. The molecule has 3 rings (SSSR count). The highest BCUT2D eigenvalue weighted by Gasteiger charge is 2.05. The Morgan fingerprint density at radius 2 is 2.20 bits per heavy atom. The van der Waals surface area contributed by atoms with Gasteiger partial charge in [-0.2, -0.15) is 5.10 Å². The Labute approximate surface area is 147 Å². The van der Waals surface area contributed by atoms with Crippen LogP contribution in [0.5, 0.6) is 5.75 Å². The Morgan fingerprint density at radius 3 is 2.96 bits per heavy atom. The summed E-state index contributed by atoms with van der Waals surface area (Å²) in [5.41, 5.74) is 3.77. The number of halogens is 1. The lowest BCUT2D eigenvalue weighted by molar-refractivity contribution is -0.119. The van der Waals surface area contributed by atoms with Crippen molar-refractivity contribution >= 4 is 38.8 Å². The normalized spacial score (nSPS) is 11.0. The van der Waals surface area contributed by atoms with E-state index >= 15 is 0 Å². The molecule has 1 heterocycles. The molecule has 1 aromatic heterocycles. The number of nitrogens with zero attached hydrogens (tertiary/aromatic N) is 2. The number of hydrazone groups is 1. The molecule has 6 nitrogen and oxygen atoms in total. The van der Waals surface area contributed by atoms with Crippen molar-refractivity contribution in [2.75, 3.05) is 19.0 Å². The molecule has 0 unspecified atom stereocenters. The lowest BCUT2D eigenvalue weighted by Gasteiger charge is -2.02. The molecule has 0 fully saturated rings. The lowest BCUT2D eigenvalue weighted by Crippen LogP contribution is -2.25. The van der Waals surface area contributed by atoms with Gasteiger partial charge in [-0.25, -0.2) is 14.8 Å². The van der Waals surface area contributed by atoms with Crippen LogP contribution in [0.25, 0.3) is 10.2 Å². The Bertz CT molecular complexity index is 893. The van der Waals surface area contributed by atoms with Crippen molar-refractivity contribution < 1.29 is 13.9 Å². The van der Waals surface area contributed by atoms with Crippen LogP contribution in [0.1, 0.15) is 5.56 Å². The van der Waals surface area contributed by atoms with E-state index in [1.807, 2.05) is 24.3 Å². The molecule has 1 amide bonds. The van der Waals surface area contributed by atoms with E-state index in [0.29, 0.717) is 10.7 Å². The highest BCUT2D eigenvalue weighted by atomic mass is 32.1. The summed E-state index contributed by atoms with van der Waals surface area (Å²) < 4.78 is 19.4. The van der Waals surface area contributed by atoms with Crippen molar-refractivity contribution in [2.45, 2.75) is 0 Å². The number of methoxy groups -OCH3 is 1. The first-order valence-electron chi connectivity index (χ1n) is 7.40. The van der Waals surface area contributed by atoms with Gasteiger partial charge in [0.1, 0.15) is 0 Å². The summed E-state index contributed by atoms with van der Waals surface area (Å²) in [5, 5.41) is 7.42. The fourth-order valence-corrected chi connectivity index (χ4v) is 2.95. The van der Waals surface area contributed by atoms with Gasteiger partial charge in [0, 0.05) is 0 Å². The van der Waals surface area contributed by atoms with E-state index in [2.05, 4.69) is 20.8 Å². The molecule has 2 aromatic carbocycles. The molecule has 3 aromatic rings. The van der Waals surface area contributed by atoms with Crippen LogP contribution in [0.3, 0.4) is 0 Å². The summed E-state index contributed by atoms with van der Waals surface area (Å²) in [7, 11) is 1.39. The number of amides is 1. The van der Waals surface area contributed by atoms with Gasteiger partial charge in [0.2, 0.25) is 0 Å². The number of fused-ring (bicyclic) bond motifs is 1. The van der Waals surface area contributed by atoms with Gasteiger partial charge in [-0.1, -0.05) is 23.5 Å². The van der Waals surface area contributed by atoms with Crippen LogP contribution in [0.4, 0.5) is 9.52 Å². The fourth-order valence-electron chi connectivity index (χ4n) is 2.08. The summed E-state index contributed by atoms with van der Waals surface area (Å²) in [6.45, 7) is 0.0358. The van der Waals surface area contributed by atoms with Crippen molar-refractivity contribution in [3.63, 3.8) is 0 Å². The molecule has 0 radical (unpaired) electrons. The van der Waals surface area contributed by atoms with Crippen molar-refractivity contribution in [2.24, 2.45) is 5.10 Å². The minimum absolute atomic E-state index is 0.0358. The number of carbonyl (C=O) groups excluding carboxylic acids is 1. The van der Waals surface area contributed by atoms with Gasteiger partial charge in [-0.3, -0.25) is 4.79 Å². The van der Waals surface area contributed by atoms with Crippen LogP contribution in [0.15, 0.2) is 47.6 Å². The number of hydrogen-bond acceptors (Lipinski definition) is 6. The molecule has 0 bridgehead atoms. The largest absolute Gasteiger partial charge is 0.494 e. The first-order chi connectivity index (χ1) is 12.2. The zero-order valence-corrected chi connectivity index (χ0v) is 14.1. The predicted molar refractivity (Wildman–Crippen MR) is 96.8 cm³/mol. The zero-order valence-electron chi connectivity index (χ0n) is 13.3. The molecule has 0 atom stereocenters. The highest BCUT2D eigenvalue weighted by Crippen LogP contribution is 2.24. The summed E-state index contributed by atoms with van der Waals surface area (Å²) in [6, 6.07) is 12.1. The molecule has 0 saturated carbocycles. The molecule has 25 heavy (non-hydrogen) atoms. The van der Waals surface area contributed by atoms with Crippen LogP contribution in [-0.4, -0.2) is 30.8 Å². The fraction of sp³-hybridized carbons (Fsp3) is 0.118. The van der Waals surface area contributed by atoms with E-state index in [-0.39, 0.29) is 18.2 Å². The third-order valence-electron chi connectivity index (χ3n) is 3.27. The van der Waals surface area contributed by atoms with Crippen LogP contribution in [-0.2, 0) is 4.79 Å². The van der Waals surface area contributed by atoms with Crippen LogP contribution >= 0.6 is 11.3 Å². The van der Waals surface area contributed by atoms with E-state index in [9.17, 15) is 9.18 Å². The van der Waals surface area contributed by atoms with Crippen molar-refractivity contribution in [3.8, 4) is 5.75 Å². The van der Waals surface area contributed by atoms with Crippen molar-refractivity contribution in [3.05, 3.63) is 53.8 Å². The number of nitrogens with one attached hydrogen (secondary N) is 2. The minimum Gasteiger partial charge on any atom is -0.494 e. The van der Waals surface area contributed by atoms with E-state index in [1.54, 1.807) is 6.07 Å². The van der Waals surface area contributed by atoms with Gasteiger partial charge in [0.05, 0.1) is 30.1 Å². The van der Waals surface area contributed by atoms with Gasteiger partial charge in [-0.15, -0.1) is 0 Å². The number of rotatable bonds is 6. The van der Waals surface area contributed by atoms with E-state index in [1.165, 1.54) is 36.8 Å². The molecular weight excluding hydrogens is 343 g/mol. The maximum atomic E-state index is 13.5. The number of ether oxygens (including phenoxy) is 1. The number of hydrogen-bond donors (Lipinski definition) is 2.